The molecular formula is C14H15FN2O4S. The second-order valence-electron chi connectivity index (χ2n) is 5.07. The monoisotopic (exact) mass is 326 g/mol. The Morgan fingerprint density at radius 2 is 2.05 bits per heavy atom. The standard InChI is InChI=1S/C14H15FN2O4S/c1-9(2)22(20,21)17-8-12(7-16-17)10-3-4-11(6-14(18)19)13(15)5-10/h3-5,7-9H,6H2,1-2H3,(H,18,19). The van der Waals surface area contributed by atoms with E-state index in [1.165, 1.54) is 44.4 Å². The molecule has 1 aromatic carbocycles. The van der Waals surface area contributed by atoms with E-state index in [1.807, 2.05) is 0 Å². The van der Waals surface area contributed by atoms with Gasteiger partial charge in [-0.1, -0.05) is 12.1 Å². The number of benzene rings is 1. The molecule has 0 aliphatic carbocycles. The molecular weight excluding hydrogens is 311 g/mol. The van der Waals surface area contributed by atoms with Crippen LogP contribution in [0.15, 0.2) is 30.6 Å². The smallest absolute Gasteiger partial charge is 0.307 e. The van der Waals surface area contributed by atoms with Gasteiger partial charge < -0.3 is 5.11 Å². The molecule has 2 rings (SSSR count). The molecule has 0 radical (unpaired) electrons. The van der Waals surface area contributed by atoms with Crippen LogP contribution in [0.2, 0.25) is 0 Å². The van der Waals surface area contributed by atoms with Gasteiger partial charge in [0.15, 0.2) is 0 Å². The minimum Gasteiger partial charge on any atom is -0.481 e. The Bertz CT molecular complexity index is 812. The van der Waals surface area contributed by atoms with Crippen LogP contribution in [0.4, 0.5) is 4.39 Å². The van der Waals surface area contributed by atoms with E-state index >= 15 is 0 Å². The Morgan fingerprint density at radius 1 is 1.36 bits per heavy atom. The zero-order valence-corrected chi connectivity index (χ0v) is 12.8. The Hall–Kier alpha value is -2.22. The molecule has 0 amide bonds. The summed E-state index contributed by atoms with van der Waals surface area (Å²) in [6.45, 7) is 3.08. The number of hydrogen-bond acceptors (Lipinski definition) is 4. The number of halogens is 1. The molecule has 0 bridgehead atoms. The minimum atomic E-state index is -3.56. The van der Waals surface area contributed by atoms with Gasteiger partial charge in [0.25, 0.3) is 10.0 Å². The van der Waals surface area contributed by atoms with E-state index in [1.54, 1.807) is 0 Å². The predicted octanol–water partition coefficient (Wildman–Crippen LogP) is 1.90. The zero-order chi connectivity index (χ0) is 16.5. The van der Waals surface area contributed by atoms with Crippen molar-refractivity contribution in [1.82, 2.24) is 9.19 Å². The molecule has 0 saturated heterocycles. The highest BCUT2D eigenvalue weighted by atomic mass is 32.2. The molecule has 8 heteroatoms. The quantitative estimate of drug-likeness (QED) is 0.906. The summed E-state index contributed by atoms with van der Waals surface area (Å²) in [7, 11) is -3.56. The summed E-state index contributed by atoms with van der Waals surface area (Å²) in [5.41, 5.74) is 0.931. The van der Waals surface area contributed by atoms with Gasteiger partial charge in [-0.2, -0.15) is 9.19 Å². The minimum absolute atomic E-state index is 0.0680. The van der Waals surface area contributed by atoms with Crippen LogP contribution in [-0.2, 0) is 21.2 Å². The molecule has 1 aromatic heterocycles. The van der Waals surface area contributed by atoms with Crippen LogP contribution < -0.4 is 0 Å². The van der Waals surface area contributed by atoms with Gasteiger partial charge in [-0.05, 0) is 31.0 Å². The number of carboxylic acids is 1. The van der Waals surface area contributed by atoms with Crippen LogP contribution in [0, 0.1) is 5.82 Å². The Morgan fingerprint density at radius 3 is 2.59 bits per heavy atom. The second kappa shape index (κ2) is 5.88. The molecule has 6 nitrogen and oxygen atoms in total. The van der Waals surface area contributed by atoms with Crippen LogP contribution in [0.25, 0.3) is 11.1 Å². The normalized spacial score (nSPS) is 11.8. The van der Waals surface area contributed by atoms with Crippen molar-refractivity contribution in [2.24, 2.45) is 0 Å². The van der Waals surface area contributed by atoms with E-state index in [2.05, 4.69) is 5.10 Å². The topological polar surface area (TPSA) is 89.3 Å². The molecule has 0 atom stereocenters. The van der Waals surface area contributed by atoms with Crippen molar-refractivity contribution in [3.05, 3.63) is 42.0 Å². The van der Waals surface area contributed by atoms with Crippen molar-refractivity contribution in [3.8, 4) is 11.1 Å². The molecule has 1 N–H and O–H groups in total. The number of aromatic nitrogens is 2. The van der Waals surface area contributed by atoms with E-state index in [0.717, 1.165) is 4.09 Å². The van der Waals surface area contributed by atoms with E-state index < -0.39 is 33.5 Å². The summed E-state index contributed by atoms with van der Waals surface area (Å²) in [6.07, 6.45) is 2.22. The summed E-state index contributed by atoms with van der Waals surface area (Å²) >= 11 is 0. The highest BCUT2D eigenvalue weighted by Crippen LogP contribution is 2.22. The van der Waals surface area contributed by atoms with Gasteiger partial charge in [-0.25, -0.2) is 12.8 Å². The number of carboxylic acid groups (broad SMARTS) is 1. The van der Waals surface area contributed by atoms with Crippen molar-refractivity contribution in [2.75, 3.05) is 0 Å². The lowest BCUT2D eigenvalue weighted by Gasteiger charge is -2.06. The van der Waals surface area contributed by atoms with E-state index in [9.17, 15) is 17.6 Å². The number of carbonyl (C=O) groups is 1. The third-order valence-electron chi connectivity index (χ3n) is 3.14. The van der Waals surface area contributed by atoms with Gasteiger partial charge in [-0.3, -0.25) is 4.79 Å². The molecule has 2 aromatic rings. The molecule has 0 aliphatic rings. The van der Waals surface area contributed by atoms with Crippen molar-refractivity contribution in [1.29, 1.82) is 0 Å². The SMILES string of the molecule is CC(C)S(=O)(=O)n1cc(-c2ccc(CC(=O)O)c(F)c2)cn1. The Kier molecular flexibility index (Phi) is 4.32. The van der Waals surface area contributed by atoms with E-state index in [0.29, 0.717) is 11.1 Å². The van der Waals surface area contributed by atoms with Crippen LogP contribution in [-0.4, -0.2) is 33.9 Å². The second-order valence-corrected chi connectivity index (χ2v) is 7.42. The highest BCUT2D eigenvalue weighted by molar-refractivity contribution is 7.90. The van der Waals surface area contributed by atoms with Gasteiger partial charge in [0.2, 0.25) is 0 Å². The van der Waals surface area contributed by atoms with Crippen molar-refractivity contribution < 1.29 is 22.7 Å². The summed E-state index contributed by atoms with van der Waals surface area (Å²) in [5, 5.41) is 11.8. The van der Waals surface area contributed by atoms with Crippen molar-refractivity contribution in [3.63, 3.8) is 0 Å². The lowest BCUT2D eigenvalue weighted by atomic mass is 10.0. The first kappa shape index (κ1) is 16.2. The van der Waals surface area contributed by atoms with Gasteiger partial charge in [0, 0.05) is 5.56 Å². The van der Waals surface area contributed by atoms with Crippen LogP contribution in [0.3, 0.4) is 0 Å². The molecule has 1 heterocycles. The molecule has 0 aliphatic heterocycles. The zero-order valence-electron chi connectivity index (χ0n) is 12.0. The molecule has 0 spiro atoms. The average molecular weight is 326 g/mol. The summed E-state index contributed by atoms with van der Waals surface area (Å²) < 4.78 is 38.7. The molecule has 22 heavy (non-hydrogen) atoms. The lowest BCUT2D eigenvalue weighted by Crippen LogP contribution is -2.22. The molecule has 0 saturated carbocycles. The summed E-state index contributed by atoms with van der Waals surface area (Å²) in [4.78, 5) is 10.6. The highest BCUT2D eigenvalue weighted by Gasteiger charge is 2.20. The largest absolute Gasteiger partial charge is 0.481 e. The molecule has 118 valence electrons. The third-order valence-corrected chi connectivity index (χ3v) is 5.06. The number of aliphatic carboxylic acids is 1. The number of hydrogen-bond donors (Lipinski definition) is 1. The van der Waals surface area contributed by atoms with Gasteiger partial charge in [-0.15, -0.1) is 0 Å². The first-order valence-corrected chi connectivity index (χ1v) is 8.02. The molecule has 0 unspecified atom stereocenters. The van der Waals surface area contributed by atoms with Gasteiger partial charge >= 0.3 is 5.97 Å². The first-order valence-electron chi connectivity index (χ1n) is 6.51. The lowest BCUT2D eigenvalue weighted by molar-refractivity contribution is -0.136. The number of nitrogens with zero attached hydrogens (tertiary/aromatic N) is 2. The fourth-order valence-corrected chi connectivity index (χ4v) is 2.71. The van der Waals surface area contributed by atoms with Gasteiger partial charge in [0.05, 0.1) is 24.1 Å². The van der Waals surface area contributed by atoms with Crippen LogP contribution in [0.1, 0.15) is 19.4 Å². The fourth-order valence-electron chi connectivity index (χ4n) is 1.84. The number of rotatable bonds is 5. The Balaban J connectivity index is 2.36. The maximum absolute atomic E-state index is 13.9. The third kappa shape index (κ3) is 3.16. The van der Waals surface area contributed by atoms with Crippen LogP contribution >= 0.6 is 0 Å². The van der Waals surface area contributed by atoms with Crippen molar-refractivity contribution >= 4 is 16.0 Å². The Labute approximate surface area is 127 Å². The average Bonchev–Trinajstić information content (AvgIpc) is 2.90. The summed E-state index contributed by atoms with van der Waals surface area (Å²) in [6, 6.07) is 4.07. The van der Waals surface area contributed by atoms with Crippen molar-refractivity contribution in [2.45, 2.75) is 25.5 Å². The first-order chi connectivity index (χ1) is 10.2. The van der Waals surface area contributed by atoms with Gasteiger partial charge in [0.1, 0.15) is 5.82 Å². The summed E-state index contributed by atoms with van der Waals surface area (Å²) in [5.74, 6) is -1.78. The maximum Gasteiger partial charge on any atom is 0.307 e. The van der Waals surface area contributed by atoms with E-state index in [4.69, 9.17) is 5.11 Å². The van der Waals surface area contributed by atoms with Crippen LogP contribution in [0.5, 0.6) is 0 Å². The maximum atomic E-state index is 13.9. The van der Waals surface area contributed by atoms with E-state index in [-0.39, 0.29) is 5.56 Å². The predicted molar refractivity (Wildman–Crippen MR) is 78.4 cm³/mol. The fraction of sp³-hybridized carbons (Fsp3) is 0.286. The molecule has 0 fully saturated rings.